The van der Waals surface area contributed by atoms with Gasteiger partial charge in [0.2, 0.25) is 5.91 Å². The number of carbonyl (C=O) groups is 1. The van der Waals surface area contributed by atoms with Crippen molar-refractivity contribution in [3.05, 3.63) is 72.2 Å². The molecule has 0 atom stereocenters. The first kappa shape index (κ1) is 22.0. The lowest BCUT2D eigenvalue weighted by molar-refractivity contribution is -0.118. The van der Waals surface area contributed by atoms with E-state index in [4.69, 9.17) is 9.40 Å². The number of amides is 1. The standard InChI is InChI=1S/C24H24N2O2S3/c1-17-7-9-19(10-8-17)30-14-4-6-23(27)26(16-18-5-3-13-28-18)24-25-21-12-11-20(29-2)15-22(21)31-24/h3,5,7-13,15H,4,6,14,16H2,1-2H3. The Morgan fingerprint density at radius 2 is 1.94 bits per heavy atom. The molecule has 2 aromatic heterocycles. The number of benzene rings is 2. The smallest absolute Gasteiger partial charge is 0.229 e. The van der Waals surface area contributed by atoms with Crippen LogP contribution in [0.2, 0.25) is 0 Å². The summed E-state index contributed by atoms with van der Waals surface area (Å²) < 4.78 is 6.61. The summed E-state index contributed by atoms with van der Waals surface area (Å²) in [4.78, 5) is 22.1. The van der Waals surface area contributed by atoms with Gasteiger partial charge >= 0.3 is 0 Å². The number of fused-ring (bicyclic) bond motifs is 1. The number of hydrogen-bond acceptors (Lipinski definition) is 6. The summed E-state index contributed by atoms with van der Waals surface area (Å²) in [7, 11) is 0. The molecule has 0 saturated carbocycles. The molecule has 2 aromatic carbocycles. The van der Waals surface area contributed by atoms with E-state index in [2.05, 4.69) is 49.6 Å². The largest absolute Gasteiger partial charge is 0.467 e. The second kappa shape index (κ2) is 10.4. The lowest BCUT2D eigenvalue weighted by Crippen LogP contribution is -2.30. The molecule has 4 aromatic rings. The van der Waals surface area contributed by atoms with Crippen LogP contribution in [0.5, 0.6) is 0 Å². The second-order valence-electron chi connectivity index (χ2n) is 7.15. The molecule has 0 radical (unpaired) electrons. The highest BCUT2D eigenvalue weighted by Crippen LogP contribution is 2.33. The van der Waals surface area contributed by atoms with Gasteiger partial charge in [0.1, 0.15) is 5.76 Å². The Bertz CT molecular complexity index is 1140. The summed E-state index contributed by atoms with van der Waals surface area (Å²) in [5.74, 6) is 1.73. The predicted octanol–water partition coefficient (Wildman–Crippen LogP) is 7.03. The Morgan fingerprint density at radius 3 is 2.68 bits per heavy atom. The highest BCUT2D eigenvalue weighted by Gasteiger charge is 2.21. The van der Waals surface area contributed by atoms with Crippen molar-refractivity contribution in [1.29, 1.82) is 0 Å². The fraction of sp³-hybridized carbons (Fsp3) is 0.250. The molecule has 0 spiro atoms. The van der Waals surface area contributed by atoms with Gasteiger partial charge in [-0.05, 0) is 67.8 Å². The molecule has 0 bridgehead atoms. The number of aryl methyl sites for hydroxylation is 1. The van der Waals surface area contributed by atoms with E-state index in [1.54, 1.807) is 46.0 Å². The van der Waals surface area contributed by atoms with Gasteiger partial charge in [-0.3, -0.25) is 9.69 Å². The molecule has 0 aliphatic carbocycles. The van der Waals surface area contributed by atoms with Crippen LogP contribution in [-0.2, 0) is 11.3 Å². The monoisotopic (exact) mass is 468 g/mol. The zero-order valence-corrected chi connectivity index (χ0v) is 20.0. The number of nitrogens with zero attached hydrogens (tertiary/aromatic N) is 2. The van der Waals surface area contributed by atoms with Crippen LogP contribution >= 0.6 is 34.9 Å². The van der Waals surface area contributed by atoms with E-state index < -0.39 is 0 Å². The van der Waals surface area contributed by atoms with E-state index in [1.165, 1.54) is 15.4 Å². The number of hydrogen-bond donors (Lipinski definition) is 0. The Labute approximate surface area is 195 Å². The fourth-order valence-corrected chi connectivity index (χ4v) is 5.53. The van der Waals surface area contributed by atoms with Gasteiger partial charge in [0.05, 0.1) is 23.0 Å². The van der Waals surface area contributed by atoms with Crippen LogP contribution < -0.4 is 4.90 Å². The van der Waals surface area contributed by atoms with Gasteiger partial charge in [-0.15, -0.1) is 23.5 Å². The van der Waals surface area contributed by atoms with E-state index in [0.29, 0.717) is 13.0 Å². The summed E-state index contributed by atoms with van der Waals surface area (Å²) in [6, 6.07) is 18.5. The molecule has 0 fully saturated rings. The average molecular weight is 469 g/mol. The fourth-order valence-electron chi connectivity index (χ4n) is 3.14. The van der Waals surface area contributed by atoms with E-state index in [1.807, 2.05) is 18.2 Å². The molecule has 1 amide bonds. The SMILES string of the molecule is CSc1ccc2nc(N(Cc3ccco3)C(=O)CCCSc3ccc(C)cc3)sc2c1. The van der Waals surface area contributed by atoms with Crippen molar-refractivity contribution >= 4 is 56.1 Å². The Morgan fingerprint density at radius 1 is 1.13 bits per heavy atom. The molecule has 160 valence electrons. The zero-order valence-electron chi connectivity index (χ0n) is 17.5. The molecular weight excluding hydrogens is 444 g/mol. The van der Waals surface area contributed by atoms with Crippen molar-refractivity contribution < 1.29 is 9.21 Å². The lowest BCUT2D eigenvalue weighted by Gasteiger charge is -2.18. The van der Waals surface area contributed by atoms with Gasteiger partial charge in [0.25, 0.3) is 0 Å². The number of anilines is 1. The molecule has 0 unspecified atom stereocenters. The van der Waals surface area contributed by atoms with Crippen molar-refractivity contribution in [2.24, 2.45) is 0 Å². The summed E-state index contributed by atoms with van der Waals surface area (Å²) in [6.07, 6.45) is 4.99. The Kier molecular flexibility index (Phi) is 7.37. The van der Waals surface area contributed by atoms with Crippen LogP contribution in [0.25, 0.3) is 10.2 Å². The maximum atomic E-state index is 13.2. The number of thiazole rings is 1. The molecule has 7 heteroatoms. The number of furan rings is 1. The summed E-state index contributed by atoms with van der Waals surface area (Å²) in [5.41, 5.74) is 2.18. The molecule has 4 nitrogen and oxygen atoms in total. The lowest BCUT2D eigenvalue weighted by atomic mass is 10.2. The third kappa shape index (κ3) is 5.73. The number of aromatic nitrogens is 1. The normalized spacial score (nSPS) is 11.2. The molecule has 2 heterocycles. The molecule has 0 N–H and O–H groups in total. The quantitative estimate of drug-likeness (QED) is 0.195. The minimum atomic E-state index is 0.0741. The van der Waals surface area contributed by atoms with Crippen LogP contribution in [0, 0.1) is 6.92 Å². The van der Waals surface area contributed by atoms with Gasteiger partial charge in [0.15, 0.2) is 5.13 Å². The van der Waals surface area contributed by atoms with Gasteiger partial charge < -0.3 is 4.42 Å². The first-order valence-corrected chi connectivity index (χ1v) is 13.1. The number of rotatable bonds is 9. The van der Waals surface area contributed by atoms with Crippen LogP contribution in [0.1, 0.15) is 24.2 Å². The predicted molar refractivity (Wildman–Crippen MR) is 132 cm³/mol. The molecule has 0 saturated heterocycles. The minimum absolute atomic E-state index is 0.0741. The van der Waals surface area contributed by atoms with Crippen molar-refractivity contribution in [1.82, 2.24) is 4.98 Å². The van der Waals surface area contributed by atoms with E-state index in [-0.39, 0.29) is 5.91 Å². The first-order chi connectivity index (χ1) is 15.1. The Balaban J connectivity index is 1.45. The van der Waals surface area contributed by atoms with E-state index in [9.17, 15) is 4.79 Å². The van der Waals surface area contributed by atoms with Crippen molar-refractivity contribution in [2.75, 3.05) is 16.9 Å². The van der Waals surface area contributed by atoms with Gasteiger partial charge in [0, 0.05) is 16.2 Å². The van der Waals surface area contributed by atoms with Crippen molar-refractivity contribution in [3.8, 4) is 0 Å². The highest BCUT2D eigenvalue weighted by molar-refractivity contribution is 7.99. The van der Waals surface area contributed by atoms with Crippen molar-refractivity contribution in [3.63, 3.8) is 0 Å². The first-order valence-electron chi connectivity index (χ1n) is 10.1. The summed E-state index contributed by atoms with van der Waals surface area (Å²) >= 11 is 5.05. The van der Waals surface area contributed by atoms with Gasteiger partial charge in [-0.25, -0.2) is 4.98 Å². The van der Waals surface area contributed by atoms with Gasteiger partial charge in [-0.2, -0.15) is 0 Å². The highest BCUT2D eigenvalue weighted by atomic mass is 32.2. The topological polar surface area (TPSA) is 46.3 Å². The Hall–Kier alpha value is -2.22. The second-order valence-corrected chi connectivity index (χ2v) is 10.2. The average Bonchev–Trinajstić information content (AvgIpc) is 3.45. The zero-order chi connectivity index (χ0) is 21.6. The van der Waals surface area contributed by atoms with Crippen LogP contribution in [0.4, 0.5) is 5.13 Å². The van der Waals surface area contributed by atoms with E-state index >= 15 is 0 Å². The minimum Gasteiger partial charge on any atom is -0.467 e. The molecular formula is C24H24N2O2S3. The van der Waals surface area contributed by atoms with Gasteiger partial charge in [-0.1, -0.05) is 29.0 Å². The third-order valence-corrected chi connectivity index (χ3v) is 7.70. The molecule has 0 aliphatic rings. The van der Waals surface area contributed by atoms with Crippen LogP contribution in [-0.4, -0.2) is 22.9 Å². The maximum Gasteiger partial charge on any atom is 0.229 e. The molecule has 0 aliphatic heterocycles. The summed E-state index contributed by atoms with van der Waals surface area (Å²) in [5, 5.41) is 0.723. The van der Waals surface area contributed by atoms with Crippen LogP contribution in [0.15, 0.2) is 75.1 Å². The number of carbonyl (C=O) groups excluding carboxylic acids is 1. The molecule has 4 rings (SSSR count). The third-order valence-electron chi connectivity index (χ3n) is 4.84. The number of thioether (sulfide) groups is 2. The molecule has 31 heavy (non-hydrogen) atoms. The maximum absolute atomic E-state index is 13.2. The summed E-state index contributed by atoms with van der Waals surface area (Å²) in [6.45, 7) is 2.48. The van der Waals surface area contributed by atoms with Crippen LogP contribution in [0.3, 0.4) is 0 Å². The van der Waals surface area contributed by atoms with E-state index in [0.717, 1.165) is 33.3 Å². The van der Waals surface area contributed by atoms with Crippen molar-refractivity contribution in [2.45, 2.75) is 36.1 Å².